The molecule has 0 radical (unpaired) electrons. The third kappa shape index (κ3) is 3.50. The molecule has 4 saturated carbocycles. The van der Waals surface area contributed by atoms with Crippen LogP contribution in [0.15, 0.2) is 0 Å². The lowest BCUT2D eigenvalue weighted by atomic mass is 9.44. The molecule has 0 aromatic carbocycles. The third-order valence-electron chi connectivity index (χ3n) is 12.1. The van der Waals surface area contributed by atoms with Gasteiger partial charge in [-0.1, -0.05) is 47.5 Å². The Kier molecular flexibility index (Phi) is 6.00. The molecule has 0 spiro atoms. The number of aliphatic hydroxyl groups is 1. The van der Waals surface area contributed by atoms with Crippen LogP contribution in [0.5, 0.6) is 0 Å². The number of cyclic esters (lactones) is 1. The molecule has 5 rings (SSSR count). The monoisotopic (exact) mass is 444 g/mol. The fraction of sp³-hybridized carbons (Fsp3) is 0.966. The van der Waals surface area contributed by atoms with E-state index in [9.17, 15) is 9.90 Å². The molecule has 11 unspecified atom stereocenters. The lowest BCUT2D eigenvalue weighted by molar-refractivity contribution is -0.174. The van der Waals surface area contributed by atoms with Crippen molar-refractivity contribution >= 4 is 5.97 Å². The standard InChI is InChI=1S/C29H48O3/c1-17(2)19-14-25(32-26(31)15-19)18(3)21-9-10-22-27-23(11-13-29(21,22)5)28(4)12-7-6-8-20(28)16-24(27)30/h17-25,27,30H,6-16H2,1-5H3. The van der Waals surface area contributed by atoms with Gasteiger partial charge in [-0.15, -0.1) is 0 Å². The molecule has 5 aliphatic rings. The second kappa shape index (κ2) is 8.28. The number of aliphatic hydroxyl groups excluding tert-OH is 1. The van der Waals surface area contributed by atoms with Gasteiger partial charge in [0.1, 0.15) is 6.10 Å². The predicted octanol–water partition coefficient (Wildman–Crippen LogP) is 6.62. The zero-order valence-corrected chi connectivity index (χ0v) is 21.3. The van der Waals surface area contributed by atoms with Gasteiger partial charge in [0.2, 0.25) is 0 Å². The first kappa shape index (κ1) is 23.2. The Balaban J connectivity index is 1.37. The Morgan fingerprint density at radius 3 is 2.44 bits per heavy atom. The highest BCUT2D eigenvalue weighted by Gasteiger charge is 2.63. The summed E-state index contributed by atoms with van der Waals surface area (Å²) in [5.41, 5.74) is 0.743. The van der Waals surface area contributed by atoms with Crippen LogP contribution in [0.4, 0.5) is 0 Å². The van der Waals surface area contributed by atoms with Crippen molar-refractivity contribution in [1.82, 2.24) is 0 Å². The summed E-state index contributed by atoms with van der Waals surface area (Å²) >= 11 is 0. The quantitative estimate of drug-likeness (QED) is 0.498. The number of hydrogen-bond donors (Lipinski definition) is 1. The number of rotatable bonds is 3. The van der Waals surface area contributed by atoms with Gasteiger partial charge in [0.15, 0.2) is 0 Å². The Morgan fingerprint density at radius 2 is 1.69 bits per heavy atom. The summed E-state index contributed by atoms with van der Waals surface area (Å²) in [7, 11) is 0. The lowest BCUT2D eigenvalue weighted by Crippen LogP contribution is -2.58. The molecule has 182 valence electrons. The summed E-state index contributed by atoms with van der Waals surface area (Å²) in [6, 6.07) is 0. The smallest absolute Gasteiger partial charge is 0.306 e. The summed E-state index contributed by atoms with van der Waals surface area (Å²) in [6.45, 7) is 12.0. The van der Waals surface area contributed by atoms with E-state index in [0.717, 1.165) is 18.8 Å². The second-order valence-corrected chi connectivity index (χ2v) is 13.6. The topological polar surface area (TPSA) is 46.5 Å². The number of carbonyl (C=O) groups is 1. The second-order valence-electron chi connectivity index (χ2n) is 13.6. The highest BCUT2D eigenvalue weighted by Crippen LogP contribution is 2.68. The third-order valence-corrected chi connectivity index (χ3v) is 12.1. The Bertz CT molecular complexity index is 717. The van der Waals surface area contributed by atoms with Gasteiger partial charge >= 0.3 is 5.97 Å². The van der Waals surface area contributed by atoms with Crippen LogP contribution < -0.4 is 0 Å². The molecule has 1 saturated heterocycles. The summed E-state index contributed by atoms with van der Waals surface area (Å²) in [5, 5.41) is 11.5. The zero-order valence-electron chi connectivity index (χ0n) is 21.3. The molecule has 4 aliphatic carbocycles. The van der Waals surface area contributed by atoms with Crippen LogP contribution in [0, 0.1) is 58.2 Å². The van der Waals surface area contributed by atoms with E-state index in [4.69, 9.17) is 4.74 Å². The van der Waals surface area contributed by atoms with Crippen LogP contribution in [0.2, 0.25) is 0 Å². The van der Waals surface area contributed by atoms with Gasteiger partial charge in [0.25, 0.3) is 0 Å². The molecule has 5 fully saturated rings. The van der Waals surface area contributed by atoms with Crippen molar-refractivity contribution in [2.75, 3.05) is 0 Å². The molecule has 1 heterocycles. The Morgan fingerprint density at radius 1 is 0.938 bits per heavy atom. The summed E-state index contributed by atoms with van der Waals surface area (Å²) in [5.74, 6) is 4.64. The van der Waals surface area contributed by atoms with Crippen molar-refractivity contribution < 1.29 is 14.6 Å². The number of fused-ring (bicyclic) bond motifs is 5. The number of hydrogen-bond acceptors (Lipinski definition) is 3. The minimum absolute atomic E-state index is 0.0224. The van der Waals surface area contributed by atoms with Crippen molar-refractivity contribution in [2.24, 2.45) is 58.2 Å². The average Bonchev–Trinajstić information content (AvgIpc) is 3.10. The lowest BCUT2D eigenvalue weighted by Gasteiger charge is -2.62. The average molecular weight is 445 g/mol. The van der Waals surface area contributed by atoms with E-state index in [2.05, 4.69) is 34.6 Å². The molecule has 11 atom stereocenters. The first-order valence-corrected chi connectivity index (χ1v) is 14.0. The molecule has 0 amide bonds. The molecule has 0 aromatic heterocycles. The maximum absolute atomic E-state index is 12.4. The van der Waals surface area contributed by atoms with Gasteiger partial charge in [-0.2, -0.15) is 0 Å². The van der Waals surface area contributed by atoms with Crippen LogP contribution in [0.25, 0.3) is 0 Å². The highest BCUT2D eigenvalue weighted by molar-refractivity contribution is 5.70. The highest BCUT2D eigenvalue weighted by atomic mass is 16.5. The fourth-order valence-corrected chi connectivity index (χ4v) is 10.1. The maximum Gasteiger partial charge on any atom is 0.306 e. The van der Waals surface area contributed by atoms with Crippen molar-refractivity contribution in [3.05, 3.63) is 0 Å². The van der Waals surface area contributed by atoms with Crippen LogP contribution in [0.3, 0.4) is 0 Å². The SMILES string of the molecule is CC(C)C1CC(=O)OC(C(C)C2CCC3C4C(O)CC5CCCCC5(C)C4CCC23C)C1. The normalized spacial score (nSPS) is 52.0. The van der Waals surface area contributed by atoms with Gasteiger partial charge < -0.3 is 9.84 Å². The van der Waals surface area contributed by atoms with Crippen LogP contribution in [-0.4, -0.2) is 23.3 Å². The molecule has 3 heteroatoms. The Hall–Kier alpha value is -0.570. The number of esters is 1. The van der Waals surface area contributed by atoms with E-state index in [1.54, 1.807) is 0 Å². The minimum atomic E-state index is -0.104. The summed E-state index contributed by atoms with van der Waals surface area (Å²) < 4.78 is 5.99. The molecule has 0 bridgehead atoms. The summed E-state index contributed by atoms with van der Waals surface area (Å²) in [4.78, 5) is 12.4. The van der Waals surface area contributed by atoms with Gasteiger partial charge in [0, 0.05) is 6.42 Å². The van der Waals surface area contributed by atoms with E-state index >= 15 is 0 Å². The molecule has 1 N–H and O–H groups in total. The predicted molar refractivity (Wildman–Crippen MR) is 128 cm³/mol. The fourth-order valence-electron chi connectivity index (χ4n) is 10.1. The Labute approximate surface area is 196 Å². The van der Waals surface area contributed by atoms with Crippen LogP contribution in [0.1, 0.15) is 105 Å². The van der Waals surface area contributed by atoms with Gasteiger partial charge in [-0.05, 0) is 110 Å². The van der Waals surface area contributed by atoms with E-state index in [0.29, 0.717) is 53.3 Å². The molecule has 0 aromatic rings. The van der Waals surface area contributed by atoms with Gasteiger partial charge in [0.05, 0.1) is 6.10 Å². The van der Waals surface area contributed by atoms with Crippen molar-refractivity contribution in [2.45, 2.75) is 117 Å². The minimum Gasteiger partial charge on any atom is -0.462 e. The summed E-state index contributed by atoms with van der Waals surface area (Å²) in [6.07, 6.45) is 13.2. The van der Waals surface area contributed by atoms with E-state index in [1.165, 1.54) is 51.4 Å². The van der Waals surface area contributed by atoms with Gasteiger partial charge in [-0.25, -0.2) is 0 Å². The van der Waals surface area contributed by atoms with Gasteiger partial charge in [-0.3, -0.25) is 4.79 Å². The maximum atomic E-state index is 12.4. The molecule has 1 aliphatic heterocycles. The number of carbonyl (C=O) groups excluding carboxylic acids is 1. The first-order chi connectivity index (χ1) is 15.1. The largest absolute Gasteiger partial charge is 0.462 e. The molecule has 3 nitrogen and oxygen atoms in total. The van der Waals surface area contributed by atoms with E-state index in [-0.39, 0.29) is 23.6 Å². The number of ether oxygens (including phenoxy) is 1. The molecule has 32 heavy (non-hydrogen) atoms. The van der Waals surface area contributed by atoms with E-state index in [1.807, 2.05) is 0 Å². The van der Waals surface area contributed by atoms with E-state index < -0.39 is 0 Å². The first-order valence-electron chi connectivity index (χ1n) is 14.0. The molecular formula is C29H48O3. The van der Waals surface area contributed by atoms with Crippen molar-refractivity contribution in [3.63, 3.8) is 0 Å². The van der Waals surface area contributed by atoms with Crippen LogP contribution in [-0.2, 0) is 9.53 Å². The van der Waals surface area contributed by atoms with Crippen molar-refractivity contribution in [1.29, 1.82) is 0 Å². The molecular weight excluding hydrogens is 396 g/mol. The zero-order chi connectivity index (χ0) is 22.8. The van der Waals surface area contributed by atoms with Crippen LogP contribution >= 0.6 is 0 Å². The van der Waals surface area contributed by atoms with Crippen molar-refractivity contribution in [3.8, 4) is 0 Å².